The van der Waals surface area contributed by atoms with Gasteiger partial charge in [0.05, 0.1) is 10.9 Å². The molecule has 0 amide bonds. The van der Waals surface area contributed by atoms with Crippen LogP contribution in [0.15, 0.2) is 56.9 Å². The maximum Gasteiger partial charge on any atom is 0.201 e. The normalized spacial score (nSPS) is 11.4. The molecule has 2 aromatic carbocycles. The van der Waals surface area contributed by atoms with Crippen LogP contribution < -0.4 is 5.43 Å². The third-order valence-corrected chi connectivity index (χ3v) is 3.47. The van der Waals surface area contributed by atoms with E-state index < -0.39 is 0 Å². The average molecular weight is 314 g/mol. The highest BCUT2D eigenvalue weighted by Gasteiger charge is 2.06. The van der Waals surface area contributed by atoms with E-state index in [0.717, 1.165) is 5.56 Å². The van der Waals surface area contributed by atoms with Crippen molar-refractivity contribution in [2.45, 2.75) is 6.92 Å². The fourth-order valence-corrected chi connectivity index (χ4v) is 2.25. The Hall–Kier alpha value is -2.59. The second kappa shape index (κ2) is 5.66. The van der Waals surface area contributed by atoms with Crippen LogP contribution in [-0.4, -0.2) is 11.3 Å². The molecule has 0 saturated heterocycles. The van der Waals surface area contributed by atoms with E-state index in [1.54, 1.807) is 18.2 Å². The lowest BCUT2D eigenvalue weighted by atomic mass is 10.1. The van der Waals surface area contributed by atoms with Crippen molar-refractivity contribution in [1.29, 1.82) is 0 Å². The van der Waals surface area contributed by atoms with E-state index >= 15 is 0 Å². The average Bonchev–Trinajstić information content (AvgIpc) is 2.50. The fourth-order valence-electron chi connectivity index (χ4n) is 2.09. The summed E-state index contributed by atoms with van der Waals surface area (Å²) in [7, 11) is 0. The van der Waals surface area contributed by atoms with Gasteiger partial charge < -0.3 is 9.52 Å². The first-order chi connectivity index (χ1) is 10.5. The van der Waals surface area contributed by atoms with Crippen LogP contribution in [0.2, 0.25) is 5.02 Å². The number of fused-ring (bicyclic) bond motifs is 1. The van der Waals surface area contributed by atoms with Gasteiger partial charge in [-0.15, -0.1) is 0 Å². The Balaban J connectivity index is 2.07. The molecule has 0 spiro atoms. The molecular weight excluding hydrogens is 302 g/mol. The third kappa shape index (κ3) is 2.73. The molecule has 3 rings (SSSR count). The van der Waals surface area contributed by atoms with Gasteiger partial charge in [-0.05, 0) is 37.3 Å². The maximum absolute atomic E-state index is 12.4. The van der Waals surface area contributed by atoms with E-state index in [9.17, 15) is 9.90 Å². The van der Waals surface area contributed by atoms with Crippen molar-refractivity contribution in [2.75, 3.05) is 0 Å². The van der Waals surface area contributed by atoms with E-state index in [0.29, 0.717) is 21.6 Å². The van der Waals surface area contributed by atoms with Gasteiger partial charge in [-0.2, -0.15) is 0 Å². The zero-order chi connectivity index (χ0) is 15.7. The first-order valence-electron chi connectivity index (χ1n) is 6.59. The Labute approximate surface area is 131 Å². The molecule has 4 nitrogen and oxygen atoms in total. The molecule has 0 saturated carbocycles. The molecule has 1 N–H and O–H groups in total. The van der Waals surface area contributed by atoms with Gasteiger partial charge in [0.1, 0.15) is 23.3 Å². The molecule has 0 aliphatic carbocycles. The summed E-state index contributed by atoms with van der Waals surface area (Å²) in [4.78, 5) is 16.5. The number of phenols is 1. The van der Waals surface area contributed by atoms with Gasteiger partial charge in [-0.1, -0.05) is 23.2 Å². The summed E-state index contributed by atoms with van der Waals surface area (Å²) in [5.74, 6) is -0.0123. The Kier molecular flexibility index (Phi) is 3.69. The summed E-state index contributed by atoms with van der Waals surface area (Å²) < 4.78 is 5.44. The summed E-state index contributed by atoms with van der Waals surface area (Å²) in [6.45, 7) is 1.91. The quantitative estimate of drug-likeness (QED) is 0.721. The molecule has 0 bridgehead atoms. The predicted molar refractivity (Wildman–Crippen MR) is 87.6 cm³/mol. The monoisotopic (exact) mass is 313 g/mol. The second-order valence-electron chi connectivity index (χ2n) is 4.91. The number of hydrogen-bond donors (Lipinski definition) is 1. The van der Waals surface area contributed by atoms with Crippen molar-refractivity contribution >= 4 is 34.5 Å². The molecule has 110 valence electrons. The van der Waals surface area contributed by atoms with E-state index in [2.05, 4.69) is 4.99 Å². The molecule has 1 heterocycles. The van der Waals surface area contributed by atoms with Crippen LogP contribution in [0.4, 0.5) is 5.69 Å². The van der Waals surface area contributed by atoms with Crippen molar-refractivity contribution in [1.82, 2.24) is 0 Å². The van der Waals surface area contributed by atoms with Gasteiger partial charge in [0.2, 0.25) is 5.43 Å². The fraction of sp³-hybridized carbons (Fsp3) is 0.0588. The molecule has 0 atom stereocenters. The molecular formula is C17H12ClNO3. The maximum atomic E-state index is 12.4. The van der Waals surface area contributed by atoms with Gasteiger partial charge in [-0.3, -0.25) is 9.79 Å². The van der Waals surface area contributed by atoms with Crippen molar-refractivity contribution in [3.05, 3.63) is 69.0 Å². The zero-order valence-corrected chi connectivity index (χ0v) is 12.5. The number of hydrogen-bond acceptors (Lipinski definition) is 4. The number of benzene rings is 2. The summed E-state index contributed by atoms with van der Waals surface area (Å²) in [5.41, 5.74) is 1.92. The highest BCUT2D eigenvalue weighted by molar-refractivity contribution is 6.30. The highest BCUT2D eigenvalue weighted by atomic mass is 35.5. The third-order valence-electron chi connectivity index (χ3n) is 3.23. The molecule has 0 unspecified atom stereocenters. The van der Waals surface area contributed by atoms with Crippen molar-refractivity contribution in [2.24, 2.45) is 4.99 Å². The van der Waals surface area contributed by atoms with Gasteiger partial charge >= 0.3 is 0 Å². The van der Waals surface area contributed by atoms with Crippen LogP contribution in [0.3, 0.4) is 0 Å². The van der Waals surface area contributed by atoms with E-state index in [4.69, 9.17) is 16.0 Å². The van der Waals surface area contributed by atoms with Crippen LogP contribution in [0, 0.1) is 6.92 Å². The SMILES string of the molecule is Cc1ccc2occ(C=Nc3cc(Cl)ccc3O)c(=O)c2c1. The largest absolute Gasteiger partial charge is 0.506 e. The standard InChI is InChI=1S/C17H12ClNO3/c1-10-2-5-16-13(6-10)17(21)11(9-22-16)8-19-14-7-12(18)3-4-15(14)20/h2-9,20H,1H3. The van der Waals surface area contributed by atoms with E-state index in [1.807, 2.05) is 13.0 Å². The van der Waals surface area contributed by atoms with Gasteiger partial charge in [0, 0.05) is 11.2 Å². The number of rotatable bonds is 2. The van der Waals surface area contributed by atoms with Gasteiger partial charge in [0.25, 0.3) is 0 Å². The minimum Gasteiger partial charge on any atom is -0.506 e. The Morgan fingerprint density at radius 1 is 1.23 bits per heavy atom. The van der Waals surface area contributed by atoms with Crippen LogP contribution >= 0.6 is 11.6 Å². The number of aryl methyl sites for hydroxylation is 1. The highest BCUT2D eigenvalue weighted by Crippen LogP contribution is 2.29. The molecule has 0 aliphatic rings. The lowest BCUT2D eigenvalue weighted by molar-refractivity contribution is 0.477. The topological polar surface area (TPSA) is 62.8 Å². The predicted octanol–water partition coefficient (Wildman–Crippen LogP) is 4.21. The van der Waals surface area contributed by atoms with Crippen LogP contribution in [0.25, 0.3) is 11.0 Å². The van der Waals surface area contributed by atoms with Crippen molar-refractivity contribution in [3.8, 4) is 5.75 Å². The van der Waals surface area contributed by atoms with Gasteiger partial charge in [0.15, 0.2) is 0 Å². The number of nitrogens with zero attached hydrogens (tertiary/aromatic N) is 1. The number of halogens is 1. The molecule has 22 heavy (non-hydrogen) atoms. The molecule has 1 aromatic heterocycles. The lowest BCUT2D eigenvalue weighted by Crippen LogP contribution is -2.07. The molecule has 0 radical (unpaired) electrons. The minimum atomic E-state index is -0.171. The second-order valence-corrected chi connectivity index (χ2v) is 5.35. The Bertz CT molecular complexity index is 944. The Morgan fingerprint density at radius 2 is 2.05 bits per heavy atom. The molecule has 0 fully saturated rings. The molecule has 0 aliphatic heterocycles. The Morgan fingerprint density at radius 3 is 2.86 bits per heavy atom. The van der Waals surface area contributed by atoms with Crippen molar-refractivity contribution < 1.29 is 9.52 Å². The van der Waals surface area contributed by atoms with Crippen LogP contribution in [0.5, 0.6) is 5.75 Å². The van der Waals surface area contributed by atoms with Crippen molar-refractivity contribution in [3.63, 3.8) is 0 Å². The number of aromatic hydroxyl groups is 1. The zero-order valence-electron chi connectivity index (χ0n) is 11.7. The summed E-state index contributed by atoms with van der Waals surface area (Å²) in [6, 6.07) is 9.93. The summed E-state index contributed by atoms with van der Waals surface area (Å²) in [5, 5.41) is 10.7. The minimum absolute atomic E-state index is 0.0123. The first-order valence-corrected chi connectivity index (χ1v) is 6.97. The van der Waals surface area contributed by atoms with Crippen LogP contribution in [0.1, 0.15) is 11.1 Å². The summed E-state index contributed by atoms with van der Waals surface area (Å²) >= 11 is 5.86. The number of phenolic OH excluding ortho intramolecular Hbond substituents is 1. The summed E-state index contributed by atoms with van der Waals surface area (Å²) in [6.07, 6.45) is 2.71. The first kappa shape index (κ1) is 14.4. The van der Waals surface area contributed by atoms with E-state index in [1.165, 1.54) is 24.6 Å². The molecule has 5 heteroatoms. The number of aliphatic imine (C=N–C) groups is 1. The lowest BCUT2D eigenvalue weighted by Gasteiger charge is -2.01. The van der Waals surface area contributed by atoms with Gasteiger partial charge in [-0.25, -0.2) is 0 Å². The smallest absolute Gasteiger partial charge is 0.201 e. The van der Waals surface area contributed by atoms with Crippen LogP contribution in [-0.2, 0) is 0 Å². The van der Waals surface area contributed by atoms with E-state index in [-0.39, 0.29) is 16.9 Å². The molecule has 3 aromatic rings.